The number of rotatable bonds is 4. The average Bonchev–Trinajstić information content (AvgIpc) is 2.61. The topological polar surface area (TPSA) is 87.3 Å². The molecule has 0 radical (unpaired) electrons. The summed E-state index contributed by atoms with van der Waals surface area (Å²) in [6.45, 7) is 5.36. The number of hydrogen-bond donors (Lipinski definition) is 0. The Kier molecular flexibility index (Phi) is 3.60. The Morgan fingerprint density at radius 3 is 2.75 bits per heavy atom. The van der Waals surface area contributed by atoms with Gasteiger partial charge in [0.05, 0.1) is 11.5 Å². The molecule has 7 nitrogen and oxygen atoms in total. The van der Waals surface area contributed by atoms with Gasteiger partial charge in [0, 0.05) is 6.04 Å². The van der Waals surface area contributed by atoms with Crippen LogP contribution in [0.4, 0.5) is 5.69 Å². The van der Waals surface area contributed by atoms with Crippen molar-refractivity contribution < 1.29 is 14.5 Å². The molecule has 0 aliphatic heterocycles. The molecule has 0 bridgehead atoms. The minimum Gasteiger partial charge on any atom is -0.461 e. The van der Waals surface area contributed by atoms with E-state index in [9.17, 15) is 14.9 Å². The molecule has 0 fully saturated rings. The van der Waals surface area contributed by atoms with Crippen LogP contribution in [0.25, 0.3) is 0 Å². The van der Waals surface area contributed by atoms with Crippen molar-refractivity contribution in [2.45, 2.75) is 26.8 Å². The van der Waals surface area contributed by atoms with Gasteiger partial charge in [-0.25, -0.2) is 9.48 Å². The first-order valence-electron chi connectivity index (χ1n) is 4.88. The Morgan fingerprint density at radius 2 is 2.31 bits per heavy atom. The lowest BCUT2D eigenvalue weighted by Gasteiger charge is -2.08. The zero-order chi connectivity index (χ0) is 12.3. The number of esters is 1. The smallest absolute Gasteiger partial charge is 0.363 e. The first-order chi connectivity index (χ1) is 7.49. The van der Waals surface area contributed by atoms with Gasteiger partial charge in [-0.2, -0.15) is 5.10 Å². The van der Waals surface area contributed by atoms with E-state index >= 15 is 0 Å². The number of carbonyl (C=O) groups is 1. The number of nitro groups is 1. The van der Waals surface area contributed by atoms with Crippen LogP contribution in [0.15, 0.2) is 6.20 Å². The largest absolute Gasteiger partial charge is 0.461 e. The van der Waals surface area contributed by atoms with E-state index in [1.54, 1.807) is 20.8 Å². The molecule has 0 aromatic carbocycles. The van der Waals surface area contributed by atoms with Crippen molar-refractivity contribution in [1.82, 2.24) is 9.78 Å². The molecule has 0 aliphatic rings. The first-order valence-corrected chi connectivity index (χ1v) is 4.88. The molecule has 0 spiro atoms. The normalized spacial score (nSPS) is 10.5. The summed E-state index contributed by atoms with van der Waals surface area (Å²) in [5.41, 5.74) is -0.436. The SMILES string of the molecule is CCOC(=O)c1c([N+](=O)[O-])cnn1C(C)C. The lowest BCUT2D eigenvalue weighted by molar-refractivity contribution is -0.385. The van der Waals surface area contributed by atoms with Crippen LogP contribution in [0.3, 0.4) is 0 Å². The fraction of sp³-hybridized carbons (Fsp3) is 0.556. The monoisotopic (exact) mass is 227 g/mol. The van der Waals surface area contributed by atoms with Crippen LogP contribution in [0.1, 0.15) is 37.3 Å². The van der Waals surface area contributed by atoms with Crippen LogP contribution < -0.4 is 0 Å². The molecule has 0 aliphatic carbocycles. The summed E-state index contributed by atoms with van der Waals surface area (Å²) in [6, 6.07) is -0.145. The second-order valence-corrected chi connectivity index (χ2v) is 3.39. The minimum atomic E-state index is -0.722. The zero-order valence-corrected chi connectivity index (χ0v) is 9.34. The number of aromatic nitrogens is 2. The summed E-state index contributed by atoms with van der Waals surface area (Å²) in [7, 11) is 0. The molecular formula is C9H13N3O4. The van der Waals surface area contributed by atoms with E-state index in [1.807, 2.05) is 0 Å². The predicted molar refractivity (Wildman–Crippen MR) is 55.2 cm³/mol. The maximum Gasteiger partial charge on any atom is 0.363 e. The first kappa shape index (κ1) is 12.2. The molecule has 1 aromatic heterocycles. The minimum absolute atomic E-state index is 0.109. The molecule has 0 unspecified atom stereocenters. The van der Waals surface area contributed by atoms with Crippen molar-refractivity contribution in [3.63, 3.8) is 0 Å². The zero-order valence-electron chi connectivity index (χ0n) is 9.34. The van der Waals surface area contributed by atoms with Gasteiger partial charge < -0.3 is 4.74 Å². The molecule has 88 valence electrons. The summed E-state index contributed by atoms with van der Waals surface area (Å²) >= 11 is 0. The van der Waals surface area contributed by atoms with Gasteiger partial charge in [0.1, 0.15) is 6.20 Å². The third kappa shape index (κ3) is 2.18. The molecule has 1 heterocycles. The Balaban J connectivity index is 3.24. The van der Waals surface area contributed by atoms with E-state index in [2.05, 4.69) is 5.10 Å². The number of hydrogen-bond acceptors (Lipinski definition) is 5. The third-order valence-corrected chi connectivity index (χ3v) is 1.93. The van der Waals surface area contributed by atoms with Gasteiger partial charge in [-0.15, -0.1) is 0 Å². The highest BCUT2D eigenvalue weighted by Gasteiger charge is 2.28. The molecule has 0 atom stereocenters. The standard InChI is InChI=1S/C9H13N3O4/c1-4-16-9(13)8-7(12(14)15)5-10-11(8)6(2)3/h5-6H,4H2,1-3H3. The molecule has 7 heteroatoms. The van der Waals surface area contributed by atoms with Crippen molar-refractivity contribution in [2.24, 2.45) is 0 Å². The molecule has 0 amide bonds. The van der Waals surface area contributed by atoms with Crippen molar-refractivity contribution in [2.75, 3.05) is 6.61 Å². The molecule has 1 aromatic rings. The Morgan fingerprint density at radius 1 is 1.69 bits per heavy atom. The molecule has 16 heavy (non-hydrogen) atoms. The molecular weight excluding hydrogens is 214 g/mol. The van der Waals surface area contributed by atoms with Crippen LogP contribution >= 0.6 is 0 Å². The van der Waals surface area contributed by atoms with Crippen LogP contribution in [-0.4, -0.2) is 27.3 Å². The van der Waals surface area contributed by atoms with Crippen molar-refractivity contribution in [1.29, 1.82) is 0 Å². The van der Waals surface area contributed by atoms with Gasteiger partial charge in [-0.1, -0.05) is 0 Å². The highest BCUT2D eigenvalue weighted by molar-refractivity contribution is 5.91. The van der Waals surface area contributed by atoms with Crippen molar-refractivity contribution in [3.05, 3.63) is 22.0 Å². The number of ether oxygens (including phenoxy) is 1. The van der Waals surface area contributed by atoms with Gasteiger partial charge in [0.25, 0.3) is 0 Å². The van der Waals surface area contributed by atoms with Crippen molar-refractivity contribution in [3.8, 4) is 0 Å². The van der Waals surface area contributed by atoms with E-state index in [-0.39, 0.29) is 24.0 Å². The summed E-state index contributed by atoms with van der Waals surface area (Å²) in [5, 5.41) is 14.5. The van der Waals surface area contributed by atoms with Gasteiger partial charge >= 0.3 is 11.7 Å². The Labute approximate surface area is 92.2 Å². The number of carbonyl (C=O) groups excluding carboxylic acids is 1. The molecule has 1 rings (SSSR count). The van der Waals surface area contributed by atoms with Crippen molar-refractivity contribution >= 4 is 11.7 Å². The van der Waals surface area contributed by atoms with Crippen LogP contribution in [0, 0.1) is 10.1 Å². The predicted octanol–water partition coefficient (Wildman–Crippen LogP) is 1.55. The number of nitrogens with zero attached hydrogens (tertiary/aromatic N) is 3. The second-order valence-electron chi connectivity index (χ2n) is 3.39. The van der Waals surface area contributed by atoms with Crippen LogP contribution in [-0.2, 0) is 4.74 Å². The second kappa shape index (κ2) is 4.73. The fourth-order valence-electron chi connectivity index (χ4n) is 1.28. The van der Waals surface area contributed by atoms with Crippen LogP contribution in [0.5, 0.6) is 0 Å². The summed E-state index contributed by atoms with van der Waals surface area (Å²) < 4.78 is 6.05. The lowest BCUT2D eigenvalue weighted by Crippen LogP contribution is -2.16. The van der Waals surface area contributed by atoms with Gasteiger partial charge in [-0.3, -0.25) is 10.1 Å². The highest BCUT2D eigenvalue weighted by atomic mass is 16.6. The average molecular weight is 227 g/mol. The van der Waals surface area contributed by atoms with E-state index in [0.717, 1.165) is 6.20 Å². The molecule has 0 N–H and O–H groups in total. The van der Waals surface area contributed by atoms with E-state index < -0.39 is 10.9 Å². The maximum atomic E-state index is 11.6. The lowest BCUT2D eigenvalue weighted by atomic mass is 10.3. The third-order valence-electron chi connectivity index (χ3n) is 1.93. The maximum absolute atomic E-state index is 11.6. The van der Waals surface area contributed by atoms with Gasteiger partial charge in [0.2, 0.25) is 5.69 Å². The fourth-order valence-corrected chi connectivity index (χ4v) is 1.28. The van der Waals surface area contributed by atoms with E-state index in [1.165, 1.54) is 4.68 Å². The van der Waals surface area contributed by atoms with E-state index in [0.29, 0.717) is 0 Å². The Bertz CT molecular complexity index is 411. The Hall–Kier alpha value is -1.92. The molecule has 0 saturated heterocycles. The van der Waals surface area contributed by atoms with E-state index in [4.69, 9.17) is 4.74 Å². The molecule has 0 saturated carbocycles. The summed E-state index contributed by atoms with van der Waals surface area (Å²) in [5.74, 6) is -0.722. The quantitative estimate of drug-likeness (QED) is 0.442. The highest BCUT2D eigenvalue weighted by Crippen LogP contribution is 2.21. The van der Waals surface area contributed by atoms with Gasteiger partial charge in [-0.05, 0) is 20.8 Å². The summed E-state index contributed by atoms with van der Waals surface area (Å²) in [6.07, 6.45) is 1.06. The van der Waals surface area contributed by atoms with Gasteiger partial charge in [0.15, 0.2) is 0 Å². The van der Waals surface area contributed by atoms with Crippen LogP contribution in [0.2, 0.25) is 0 Å². The summed E-state index contributed by atoms with van der Waals surface area (Å²) in [4.78, 5) is 21.6.